The molecule has 0 fully saturated rings. The van der Waals surface area contributed by atoms with Crippen molar-refractivity contribution in [1.29, 1.82) is 0 Å². The lowest BCUT2D eigenvalue weighted by atomic mass is 10.2. The van der Waals surface area contributed by atoms with Crippen LogP contribution < -0.4 is 10.6 Å². The highest BCUT2D eigenvalue weighted by molar-refractivity contribution is 7.89. The van der Waals surface area contributed by atoms with Gasteiger partial charge in [0, 0.05) is 39.8 Å². The maximum atomic E-state index is 12.1. The van der Waals surface area contributed by atoms with Crippen molar-refractivity contribution in [2.75, 3.05) is 21.1 Å². The number of aliphatic imine (C=N–C) groups is 1. The van der Waals surface area contributed by atoms with Gasteiger partial charge in [0.05, 0.1) is 10.6 Å². The Morgan fingerprint density at radius 2 is 1.77 bits per heavy atom. The van der Waals surface area contributed by atoms with Crippen molar-refractivity contribution >= 4 is 16.0 Å². The second-order valence-electron chi connectivity index (χ2n) is 6.01. The SMILES string of the molecule is CN=C(NCc1ccc(S(=O)(=O)N(C)C)cc1)NCc1c(C)noc1C. The number of sulfonamides is 1. The van der Waals surface area contributed by atoms with Crippen LogP contribution in [0.25, 0.3) is 0 Å². The molecule has 1 aromatic carbocycles. The average Bonchev–Trinajstić information content (AvgIpc) is 2.93. The fourth-order valence-corrected chi connectivity index (χ4v) is 3.22. The van der Waals surface area contributed by atoms with Gasteiger partial charge in [0.25, 0.3) is 0 Å². The Hall–Kier alpha value is -2.39. The molecule has 26 heavy (non-hydrogen) atoms. The fourth-order valence-electron chi connectivity index (χ4n) is 2.32. The van der Waals surface area contributed by atoms with E-state index in [4.69, 9.17) is 4.52 Å². The van der Waals surface area contributed by atoms with Crippen molar-refractivity contribution in [3.63, 3.8) is 0 Å². The predicted octanol–water partition coefficient (Wildman–Crippen LogP) is 1.41. The molecule has 2 aromatic rings. The summed E-state index contributed by atoms with van der Waals surface area (Å²) in [6.07, 6.45) is 0. The van der Waals surface area contributed by atoms with Crippen LogP contribution in [-0.4, -0.2) is 45.0 Å². The molecule has 0 atom stereocenters. The van der Waals surface area contributed by atoms with E-state index in [1.165, 1.54) is 18.4 Å². The van der Waals surface area contributed by atoms with Crippen molar-refractivity contribution in [2.24, 2.45) is 4.99 Å². The molecule has 0 unspecified atom stereocenters. The molecule has 9 heteroatoms. The van der Waals surface area contributed by atoms with Crippen molar-refractivity contribution < 1.29 is 12.9 Å². The molecule has 0 saturated carbocycles. The Bertz CT molecular complexity index is 851. The highest BCUT2D eigenvalue weighted by Gasteiger charge is 2.16. The summed E-state index contributed by atoms with van der Waals surface area (Å²) in [6, 6.07) is 6.77. The Balaban J connectivity index is 1.94. The normalized spacial score (nSPS) is 12.5. The number of benzene rings is 1. The average molecular weight is 379 g/mol. The van der Waals surface area contributed by atoms with Crippen LogP contribution in [0.3, 0.4) is 0 Å². The largest absolute Gasteiger partial charge is 0.361 e. The molecule has 0 amide bonds. The Labute approximate surface area is 154 Å². The summed E-state index contributed by atoms with van der Waals surface area (Å²) in [4.78, 5) is 4.45. The van der Waals surface area contributed by atoms with Gasteiger partial charge >= 0.3 is 0 Å². The number of rotatable bonds is 6. The van der Waals surface area contributed by atoms with Crippen molar-refractivity contribution in [2.45, 2.75) is 31.8 Å². The van der Waals surface area contributed by atoms with Gasteiger partial charge in [0.15, 0.2) is 5.96 Å². The monoisotopic (exact) mass is 379 g/mol. The third-order valence-corrected chi connectivity index (χ3v) is 5.83. The van der Waals surface area contributed by atoms with Crippen LogP contribution in [0.2, 0.25) is 0 Å². The van der Waals surface area contributed by atoms with Crippen molar-refractivity contribution in [1.82, 2.24) is 20.1 Å². The summed E-state index contributed by atoms with van der Waals surface area (Å²) in [5.74, 6) is 1.41. The summed E-state index contributed by atoms with van der Waals surface area (Å²) in [7, 11) is 1.31. The molecule has 1 aromatic heterocycles. The number of nitrogens with one attached hydrogen (secondary N) is 2. The van der Waals surface area contributed by atoms with Crippen molar-refractivity contribution in [3.05, 3.63) is 46.8 Å². The third kappa shape index (κ3) is 4.61. The number of aromatic nitrogens is 1. The zero-order valence-corrected chi connectivity index (χ0v) is 16.5. The molecule has 0 aliphatic rings. The van der Waals surface area contributed by atoms with E-state index >= 15 is 0 Å². The second-order valence-corrected chi connectivity index (χ2v) is 8.17. The van der Waals surface area contributed by atoms with Gasteiger partial charge in [-0.2, -0.15) is 0 Å². The van der Waals surface area contributed by atoms with Crippen molar-refractivity contribution in [3.8, 4) is 0 Å². The van der Waals surface area contributed by atoms with Crippen LogP contribution in [0.15, 0.2) is 38.7 Å². The number of aryl methyl sites for hydroxylation is 2. The molecular formula is C17H25N5O3S. The Morgan fingerprint density at radius 1 is 1.15 bits per heavy atom. The standard InChI is InChI=1S/C17H25N5O3S/c1-12-16(13(2)25-21-12)11-20-17(18-3)19-10-14-6-8-15(9-7-14)26(23,24)22(4)5/h6-9H,10-11H2,1-5H3,(H2,18,19,20). The molecule has 142 valence electrons. The number of hydrogen-bond donors (Lipinski definition) is 2. The summed E-state index contributed by atoms with van der Waals surface area (Å²) in [6.45, 7) is 4.84. The van der Waals surface area contributed by atoms with Gasteiger partial charge in [-0.3, -0.25) is 4.99 Å². The van der Waals surface area contributed by atoms with Gasteiger partial charge in [-0.05, 0) is 31.5 Å². The lowest BCUT2D eigenvalue weighted by molar-refractivity contribution is 0.392. The molecule has 8 nitrogen and oxygen atoms in total. The topological polar surface area (TPSA) is 99.8 Å². The highest BCUT2D eigenvalue weighted by atomic mass is 32.2. The fraction of sp³-hybridized carbons (Fsp3) is 0.412. The highest BCUT2D eigenvalue weighted by Crippen LogP contribution is 2.14. The smallest absolute Gasteiger partial charge is 0.242 e. The molecular weight excluding hydrogens is 354 g/mol. The molecule has 0 spiro atoms. The van der Waals surface area contributed by atoms with E-state index in [-0.39, 0.29) is 4.90 Å². The van der Waals surface area contributed by atoms with Gasteiger partial charge in [0.2, 0.25) is 10.0 Å². The van der Waals surface area contributed by atoms with E-state index in [1.807, 2.05) is 13.8 Å². The first-order valence-corrected chi connectivity index (χ1v) is 9.57. The van der Waals surface area contributed by atoms with Gasteiger partial charge in [-0.1, -0.05) is 17.3 Å². The van der Waals surface area contributed by atoms with Crippen LogP contribution >= 0.6 is 0 Å². The van der Waals surface area contributed by atoms with Gasteiger partial charge in [-0.25, -0.2) is 12.7 Å². The van der Waals surface area contributed by atoms with E-state index in [1.54, 1.807) is 31.3 Å². The Kier molecular flexibility index (Phi) is 6.38. The van der Waals surface area contributed by atoms with E-state index in [9.17, 15) is 8.42 Å². The summed E-state index contributed by atoms with van der Waals surface area (Å²) in [5.41, 5.74) is 2.80. The predicted molar refractivity (Wildman–Crippen MR) is 100 cm³/mol. The third-order valence-electron chi connectivity index (χ3n) is 4.00. The minimum Gasteiger partial charge on any atom is -0.361 e. The zero-order chi connectivity index (χ0) is 19.3. The molecule has 0 radical (unpaired) electrons. The number of nitrogens with zero attached hydrogens (tertiary/aromatic N) is 3. The first-order valence-electron chi connectivity index (χ1n) is 8.13. The van der Waals surface area contributed by atoms with Crippen LogP contribution in [-0.2, 0) is 23.1 Å². The number of hydrogen-bond acceptors (Lipinski definition) is 5. The molecule has 0 aliphatic carbocycles. The van der Waals surface area contributed by atoms with Gasteiger partial charge in [0.1, 0.15) is 5.76 Å². The first-order chi connectivity index (χ1) is 12.3. The lowest BCUT2D eigenvalue weighted by Gasteiger charge is -2.13. The maximum absolute atomic E-state index is 12.1. The van der Waals surface area contributed by atoms with E-state index < -0.39 is 10.0 Å². The quantitative estimate of drug-likeness (QED) is 0.581. The van der Waals surface area contributed by atoms with E-state index in [2.05, 4.69) is 20.8 Å². The molecule has 2 N–H and O–H groups in total. The van der Waals surface area contributed by atoms with E-state index in [0.717, 1.165) is 22.6 Å². The molecule has 0 bridgehead atoms. The minimum absolute atomic E-state index is 0.271. The second kappa shape index (κ2) is 8.33. The molecule has 1 heterocycles. The van der Waals surface area contributed by atoms with Gasteiger partial charge < -0.3 is 15.2 Å². The van der Waals surface area contributed by atoms with Crippen LogP contribution in [0.1, 0.15) is 22.6 Å². The van der Waals surface area contributed by atoms with E-state index in [0.29, 0.717) is 19.0 Å². The zero-order valence-electron chi connectivity index (χ0n) is 15.7. The number of guanidine groups is 1. The summed E-state index contributed by atoms with van der Waals surface area (Å²) >= 11 is 0. The molecule has 0 saturated heterocycles. The van der Waals surface area contributed by atoms with Gasteiger partial charge in [-0.15, -0.1) is 0 Å². The Morgan fingerprint density at radius 3 is 2.27 bits per heavy atom. The van der Waals surface area contributed by atoms with Crippen LogP contribution in [0.4, 0.5) is 0 Å². The summed E-state index contributed by atoms with van der Waals surface area (Å²) < 4.78 is 30.5. The molecule has 0 aliphatic heterocycles. The van der Waals surface area contributed by atoms with Crippen LogP contribution in [0, 0.1) is 13.8 Å². The lowest BCUT2D eigenvalue weighted by Crippen LogP contribution is -2.36. The summed E-state index contributed by atoms with van der Waals surface area (Å²) in [5, 5.41) is 10.3. The van der Waals surface area contributed by atoms with Crippen LogP contribution in [0.5, 0.6) is 0 Å². The molecule has 2 rings (SSSR count). The minimum atomic E-state index is -3.41. The first kappa shape index (κ1) is 19.9. The maximum Gasteiger partial charge on any atom is 0.242 e.